The van der Waals surface area contributed by atoms with Gasteiger partial charge in [-0.1, -0.05) is 0 Å². The van der Waals surface area contributed by atoms with Crippen molar-refractivity contribution in [3.8, 4) is 5.75 Å². The number of hydrogen-bond donors (Lipinski definition) is 3. The summed E-state index contributed by atoms with van der Waals surface area (Å²) in [6.07, 6.45) is -0.745. The van der Waals surface area contributed by atoms with Crippen LogP contribution in [0.2, 0.25) is 0 Å². The smallest absolute Gasteiger partial charge is 0.253 e. The first-order valence-electron chi connectivity index (χ1n) is 5.47. The molecule has 100 valence electrons. The highest BCUT2D eigenvalue weighted by molar-refractivity contribution is 5.99. The zero-order chi connectivity index (χ0) is 13.5. The molecule has 1 aromatic carbocycles. The Morgan fingerprint density at radius 3 is 2.83 bits per heavy atom. The van der Waals surface area contributed by atoms with Crippen LogP contribution in [0.3, 0.4) is 0 Å². The molecule has 6 heteroatoms. The molecule has 18 heavy (non-hydrogen) atoms. The number of benzene rings is 1. The molecule has 0 saturated heterocycles. The SMILES string of the molecule is COCC(O)CNC(=O)c1cc(OC)ccc1N. The van der Waals surface area contributed by atoms with E-state index in [2.05, 4.69) is 5.32 Å². The number of amides is 1. The Balaban J connectivity index is 2.66. The number of carbonyl (C=O) groups is 1. The first-order chi connectivity index (χ1) is 8.58. The van der Waals surface area contributed by atoms with Crippen molar-refractivity contribution in [1.82, 2.24) is 5.32 Å². The van der Waals surface area contributed by atoms with Gasteiger partial charge in [0.05, 0.1) is 25.4 Å². The van der Waals surface area contributed by atoms with Crippen molar-refractivity contribution < 1.29 is 19.4 Å². The first kappa shape index (κ1) is 14.3. The van der Waals surface area contributed by atoms with Gasteiger partial charge in [-0.15, -0.1) is 0 Å². The van der Waals surface area contributed by atoms with E-state index in [1.165, 1.54) is 14.2 Å². The van der Waals surface area contributed by atoms with E-state index in [9.17, 15) is 9.90 Å². The molecule has 0 bridgehead atoms. The summed E-state index contributed by atoms with van der Waals surface area (Å²) >= 11 is 0. The van der Waals surface area contributed by atoms with Gasteiger partial charge in [0.1, 0.15) is 5.75 Å². The molecular formula is C12H18N2O4. The van der Waals surface area contributed by atoms with Crippen molar-refractivity contribution >= 4 is 11.6 Å². The minimum Gasteiger partial charge on any atom is -0.497 e. The van der Waals surface area contributed by atoms with Crippen molar-refractivity contribution in [2.45, 2.75) is 6.10 Å². The van der Waals surface area contributed by atoms with Crippen molar-refractivity contribution in [3.05, 3.63) is 23.8 Å². The fourth-order valence-electron chi connectivity index (χ4n) is 1.42. The number of carbonyl (C=O) groups excluding carboxylic acids is 1. The van der Waals surface area contributed by atoms with Gasteiger partial charge in [0.2, 0.25) is 0 Å². The Labute approximate surface area is 106 Å². The average Bonchev–Trinajstić information content (AvgIpc) is 2.37. The monoisotopic (exact) mass is 254 g/mol. The summed E-state index contributed by atoms with van der Waals surface area (Å²) in [6, 6.07) is 4.82. The van der Waals surface area contributed by atoms with Crippen LogP contribution in [0.1, 0.15) is 10.4 Å². The number of anilines is 1. The van der Waals surface area contributed by atoms with Crippen LogP contribution < -0.4 is 15.8 Å². The molecule has 1 rings (SSSR count). The number of nitrogens with one attached hydrogen (secondary N) is 1. The highest BCUT2D eigenvalue weighted by atomic mass is 16.5. The van der Waals surface area contributed by atoms with Gasteiger partial charge in [0.15, 0.2) is 0 Å². The van der Waals surface area contributed by atoms with Gasteiger partial charge in [-0.25, -0.2) is 0 Å². The van der Waals surface area contributed by atoms with E-state index in [1.54, 1.807) is 18.2 Å². The predicted molar refractivity (Wildman–Crippen MR) is 67.6 cm³/mol. The Kier molecular flexibility index (Phi) is 5.41. The van der Waals surface area contributed by atoms with Crippen LogP contribution in [0, 0.1) is 0 Å². The maximum Gasteiger partial charge on any atom is 0.253 e. The van der Waals surface area contributed by atoms with Gasteiger partial charge >= 0.3 is 0 Å². The maximum atomic E-state index is 11.8. The fourth-order valence-corrected chi connectivity index (χ4v) is 1.42. The third kappa shape index (κ3) is 3.90. The number of ether oxygens (including phenoxy) is 2. The van der Waals surface area contributed by atoms with Gasteiger partial charge in [-0.2, -0.15) is 0 Å². The molecule has 0 aliphatic carbocycles. The standard InChI is InChI=1S/C12H18N2O4/c1-17-7-8(15)6-14-12(16)10-5-9(18-2)3-4-11(10)13/h3-5,8,15H,6-7,13H2,1-2H3,(H,14,16). The van der Waals surface area contributed by atoms with E-state index in [1.807, 2.05) is 0 Å². The highest BCUT2D eigenvalue weighted by Gasteiger charge is 2.12. The molecule has 1 unspecified atom stereocenters. The third-order valence-corrected chi connectivity index (χ3v) is 2.36. The van der Waals surface area contributed by atoms with Gasteiger partial charge in [-0.05, 0) is 18.2 Å². The lowest BCUT2D eigenvalue weighted by Crippen LogP contribution is -2.34. The van der Waals surface area contributed by atoms with E-state index in [4.69, 9.17) is 15.2 Å². The van der Waals surface area contributed by atoms with Crippen LogP contribution in [0.25, 0.3) is 0 Å². The van der Waals surface area contributed by atoms with Gasteiger partial charge < -0.3 is 25.6 Å². The van der Waals surface area contributed by atoms with Gasteiger partial charge in [0.25, 0.3) is 5.91 Å². The Bertz CT molecular complexity index is 409. The number of nitrogens with two attached hydrogens (primary N) is 1. The molecule has 0 saturated carbocycles. The molecule has 1 amide bonds. The average molecular weight is 254 g/mol. The van der Waals surface area contributed by atoms with Crippen LogP contribution in [0.4, 0.5) is 5.69 Å². The van der Waals surface area contributed by atoms with Crippen molar-refractivity contribution in [2.75, 3.05) is 33.1 Å². The third-order valence-electron chi connectivity index (χ3n) is 2.36. The van der Waals surface area contributed by atoms with Gasteiger partial charge in [0, 0.05) is 19.3 Å². The van der Waals surface area contributed by atoms with E-state index in [0.717, 1.165) is 0 Å². The molecule has 1 aromatic rings. The summed E-state index contributed by atoms with van der Waals surface area (Å²) in [5.41, 5.74) is 6.38. The lowest BCUT2D eigenvalue weighted by molar-refractivity contribution is 0.0610. The summed E-state index contributed by atoms with van der Waals surface area (Å²) in [5, 5.41) is 12.0. The molecule has 0 fully saturated rings. The fraction of sp³-hybridized carbons (Fsp3) is 0.417. The molecule has 1 atom stereocenters. The number of aliphatic hydroxyl groups excluding tert-OH is 1. The largest absolute Gasteiger partial charge is 0.497 e. The summed E-state index contributed by atoms with van der Waals surface area (Å²) in [7, 11) is 2.99. The number of hydrogen-bond acceptors (Lipinski definition) is 5. The summed E-state index contributed by atoms with van der Waals surface area (Å²) in [6.45, 7) is 0.261. The Hall–Kier alpha value is -1.79. The maximum absolute atomic E-state index is 11.8. The Morgan fingerprint density at radius 1 is 1.50 bits per heavy atom. The molecule has 0 heterocycles. The Morgan fingerprint density at radius 2 is 2.22 bits per heavy atom. The van der Waals surface area contributed by atoms with Crippen LogP contribution >= 0.6 is 0 Å². The lowest BCUT2D eigenvalue weighted by atomic mass is 10.1. The van der Waals surface area contributed by atoms with Crippen molar-refractivity contribution in [3.63, 3.8) is 0 Å². The molecule has 0 spiro atoms. The van der Waals surface area contributed by atoms with E-state index >= 15 is 0 Å². The zero-order valence-electron chi connectivity index (χ0n) is 10.5. The second-order valence-corrected chi connectivity index (χ2v) is 3.77. The zero-order valence-corrected chi connectivity index (χ0v) is 10.5. The second kappa shape index (κ2) is 6.83. The number of nitrogen functional groups attached to an aromatic ring is 1. The molecule has 0 radical (unpaired) electrons. The van der Waals surface area contributed by atoms with E-state index in [-0.39, 0.29) is 19.1 Å². The first-order valence-corrected chi connectivity index (χ1v) is 5.47. The molecule has 6 nitrogen and oxygen atoms in total. The summed E-state index contributed by atoms with van der Waals surface area (Å²) < 4.78 is 9.78. The van der Waals surface area contributed by atoms with E-state index in [0.29, 0.717) is 17.0 Å². The topological polar surface area (TPSA) is 93.8 Å². The quantitative estimate of drug-likeness (QED) is 0.622. The minimum atomic E-state index is -0.745. The van der Waals surface area contributed by atoms with Crippen LogP contribution in [-0.2, 0) is 4.74 Å². The predicted octanol–water partition coefficient (Wildman–Crippen LogP) is 0.0145. The molecule has 0 aliphatic rings. The van der Waals surface area contributed by atoms with Crippen LogP contribution in [0.5, 0.6) is 5.75 Å². The molecule has 4 N–H and O–H groups in total. The van der Waals surface area contributed by atoms with E-state index < -0.39 is 6.10 Å². The number of aliphatic hydroxyl groups is 1. The second-order valence-electron chi connectivity index (χ2n) is 3.77. The van der Waals surface area contributed by atoms with Gasteiger partial charge in [-0.3, -0.25) is 4.79 Å². The summed E-state index contributed by atoms with van der Waals surface area (Å²) in [5.74, 6) is 0.188. The normalized spacial score (nSPS) is 11.9. The highest BCUT2D eigenvalue weighted by Crippen LogP contribution is 2.19. The molecular weight excluding hydrogens is 236 g/mol. The van der Waals surface area contributed by atoms with Crippen molar-refractivity contribution in [1.29, 1.82) is 0 Å². The minimum absolute atomic E-state index is 0.101. The lowest BCUT2D eigenvalue weighted by Gasteiger charge is -2.12. The molecule has 0 aliphatic heterocycles. The number of methoxy groups -OCH3 is 2. The van der Waals surface area contributed by atoms with Crippen LogP contribution in [0.15, 0.2) is 18.2 Å². The summed E-state index contributed by atoms with van der Waals surface area (Å²) in [4.78, 5) is 11.8. The van der Waals surface area contributed by atoms with Crippen molar-refractivity contribution in [2.24, 2.45) is 0 Å². The molecule has 0 aromatic heterocycles. The number of rotatable bonds is 6. The van der Waals surface area contributed by atoms with Crippen LogP contribution in [-0.4, -0.2) is 44.5 Å².